The lowest BCUT2D eigenvalue weighted by molar-refractivity contribution is -0.134. The molecule has 1 saturated carbocycles. The van der Waals surface area contributed by atoms with Crippen molar-refractivity contribution < 1.29 is 23.7 Å². The van der Waals surface area contributed by atoms with Gasteiger partial charge in [-0.05, 0) is 44.2 Å². The van der Waals surface area contributed by atoms with Crippen molar-refractivity contribution in [1.29, 1.82) is 0 Å². The van der Waals surface area contributed by atoms with Crippen molar-refractivity contribution >= 4 is 11.6 Å². The standard InChI is InChI=1S/C28H37N3O5/c1-30(19-9-7-6-8-10-19)18-28(32)31-25(23-14-12-21(34-3)16-27(23)36-5)17-24(29-31)22-13-11-20(33-2)15-26(22)35-4/h11-16,19,25H,6-10,17-18H2,1-5H3. The Balaban J connectivity index is 1.68. The van der Waals surface area contributed by atoms with Crippen LogP contribution in [0.3, 0.4) is 0 Å². The number of ether oxygens (including phenoxy) is 4. The van der Waals surface area contributed by atoms with E-state index in [0.29, 0.717) is 42.0 Å². The van der Waals surface area contributed by atoms with Crippen molar-refractivity contribution in [2.45, 2.75) is 50.6 Å². The van der Waals surface area contributed by atoms with Crippen LogP contribution in [-0.2, 0) is 4.79 Å². The van der Waals surface area contributed by atoms with E-state index >= 15 is 0 Å². The van der Waals surface area contributed by atoms with Gasteiger partial charge in [-0.1, -0.05) is 19.3 Å². The number of benzene rings is 2. The van der Waals surface area contributed by atoms with Crippen LogP contribution in [-0.4, -0.2) is 69.6 Å². The molecule has 36 heavy (non-hydrogen) atoms. The van der Waals surface area contributed by atoms with Gasteiger partial charge in [0.05, 0.1) is 46.7 Å². The predicted octanol–water partition coefficient (Wildman–Crippen LogP) is 4.66. The number of carbonyl (C=O) groups is 1. The van der Waals surface area contributed by atoms with E-state index in [1.165, 1.54) is 19.3 Å². The smallest absolute Gasteiger partial charge is 0.257 e. The maximum atomic E-state index is 13.7. The largest absolute Gasteiger partial charge is 0.497 e. The summed E-state index contributed by atoms with van der Waals surface area (Å²) in [5.74, 6) is 2.68. The average Bonchev–Trinajstić information content (AvgIpc) is 3.37. The third-order valence-electron chi connectivity index (χ3n) is 7.27. The van der Waals surface area contributed by atoms with Gasteiger partial charge >= 0.3 is 0 Å². The van der Waals surface area contributed by atoms with Gasteiger partial charge in [-0.15, -0.1) is 0 Å². The van der Waals surface area contributed by atoms with E-state index in [0.717, 1.165) is 29.7 Å². The van der Waals surface area contributed by atoms with Crippen LogP contribution in [0.2, 0.25) is 0 Å². The molecule has 194 valence electrons. The molecular formula is C28H37N3O5. The number of hydrogen-bond acceptors (Lipinski definition) is 7. The fraction of sp³-hybridized carbons (Fsp3) is 0.500. The number of carbonyl (C=O) groups excluding carboxylic acids is 1. The van der Waals surface area contributed by atoms with Gasteiger partial charge in [-0.25, -0.2) is 5.01 Å². The summed E-state index contributed by atoms with van der Waals surface area (Å²) in [4.78, 5) is 15.9. The molecular weight excluding hydrogens is 458 g/mol. The highest BCUT2D eigenvalue weighted by atomic mass is 16.5. The van der Waals surface area contributed by atoms with Crippen molar-refractivity contribution in [2.75, 3.05) is 42.0 Å². The van der Waals surface area contributed by atoms with E-state index < -0.39 is 0 Å². The molecule has 1 aliphatic carbocycles. The molecule has 1 heterocycles. The molecule has 2 aromatic rings. The van der Waals surface area contributed by atoms with Crippen molar-refractivity contribution in [3.63, 3.8) is 0 Å². The molecule has 0 radical (unpaired) electrons. The number of likely N-dealkylation sites (N-methyl/N-ethyl adjacent to an activating group) is 1. The van der Waals surface area contributed by atoms with Crippen LogP contribution in [0.25, 0.3) is 0 Å². The predicted molar refractivity (Wildman–Crippen MR) is 139 cm³/mol. The molecule has 0 saturated heterocycles. The van der Waals surface area contributed by atoms with E-state index in [1.807, 2.05) is 43.4 Å². The molecule has 1 amide bonds. The molecule has 2 aliphatic rings. The highest BCUT2D eigenvalue weighted by Gasteiger charge is 2.36. The maximum absolute atomic E-state index is 13.7. The van der Waals surface area contributed by atoms with Crippen molar-refractivity contribution in [1.82, 2.24) is 9.91 Å². The van der Waals surface area contributed by atoms with Crippen LogP contribution in [0.5, 0.6) is 23.0 Å². The molecule has 8 heteroatoms. The Morgan fingerprint density at radius 3 is 2.19 bits per heavy atom. The van der Waals surface area contributed by atoms with Crippen molar-refractivity contribution in [3.8, 4) is 23.0 Å². The zero-order valence-corrected chi connectivity index (χ0v) is 22.0. The molecule has 0 aromatic heterocycles. The van der Waals surface area contributed by atoms with Crippen LogP contribution in [0, 0.1) is 0 Å². The van der Waals surface area contributed by atoms with Gasteiger partial charge in [-0.2, -0.15) is 5.10 Å². The lowest BCUT2D eigenvalue weighted by atomic mass is 9.94. The first-order valence-corrected chi connectivity index (χ1v) is 12.5. The summed E-state index contributed by atoms with van der Waals surface area (Å²) in [6, 6.07) is 11.5. The Morgan fingerprint density at radius 1 is 0.917 bits per heavy atom. The van der Waals surface area contributed by atoms with E-state index in [2.05, 4.69) is 4.90 Å². The number of hydrogen-bond donors (Lipinski definition) is 0. The minimum absolute atomic E-state index is 0.0339. The minimum Gasteiger partial charge on any atom is -0.497 e. The third-order valence-corrected chi connectivity index (χ3v) is 7.27. The van der Waals surface area contributed by atoms with Gasteiger partial charge in [-0.3, -0.25) is 9.69 Å². The number of amides is 1. The van der Waals surface area contributed by atoms with Gasteiger partial charge in [0.15, 0.2) is 0 Å². The molecule has 2 aromatic carbocycles. The average molecular weight is 496 g/mol. The molecule has 4 rings (SSSR count). The van der Waals surface area contributed by atoms with Crippen LogP contribution < -0.4 is 18.9 Å². The SMILES string of the molecule is COc1ccc(C2=NN(C(=O)CN(C)C3CCCCC3)C(c3ccc(OC)cc3OC)C2)c(OC)c1. The molecule has 1 atom stereocenters. The van der Waals surface area contributed by atoms with Gasteiger partial charge < -0.3 is 18.9 Å². The lowest BCUT2D eigenvalue weighted by Gasteiger charge is -2.32. The zero-order chi connectivity index (χ0) is 25.7. The fourth-order valence-corrected chi connectivity index (χ4v) is 5.21. The van der Waals surface area contributed by atoms with Crippen LogP contribution in [0.1, 0.15) is 55.7 Å². The number of hydrazone groups is 1. The summed E-state index contributed by atoms with van der Waals surface area (Å²) >= 11 is 0. The summed E-state index contributed by atoms with van der Waals surface area (Å²) in [5, 5.41) is 6.49. The molecule has 8 nitrogen and oxygen atoms in total. The highest BCUT2D eigenvalue weighted by Crippen LogP contribution is 2.40. The Kier molecular flexibility index (Phi) is 8.36. The summed E-state index contributed by atoms with van der Waals surface area (Å²) in [5.41, 5.74) is 2.51. The monoisotopic (exact) mass is 495 g/mol. The van der Waals surface area contributed by atoms with Gasteiger partial charge in [0.2, 0.25) is 0 Å². The Morgan fingerprint density at radius 2 is 1.56 bits per heavy atom. The summed E-state index contributed by atoms with van der Waals surface area (Å²) in [6.07, 6.45) is 6.52. The second-order valence-electron chi connectivity index (χ2n) is 9.39. The Bertz CT molecular complexity index is 1100. The molecule has 1 aliphatic heterocycles. The van der Waals surface area contributed by atoms with E-state index in [-0.39, 0.29) is 11.9 Å². The third kappa shape index (κ3) is 5.43. The van der Waals surface area contributed by atoms with Gasteiger partial charge in [0.1, 0.15) is 23.0 Å². The highest BCUT2D eigenvalue weighted by molar-refractivity contribution is 6.05. The van der Waals surface area contributed by atoms with Crippen LogP contribution >= 0.6 is 0 Å². The molecule has 0 spiro atoms. The number of methoxy groups -OCH3 is 4. The summed E-state index contributed by atoms with van der Waals surface area (Å²) in [6.45, 7) is 0.316. The number of rotatable bonds is 9. The van der Waals surface area contributed by atoms with Crippen LogP contribution in [0.15, 0.2) is 41.5 Å². The second kappa shape index (κ2) is 11.6. The normalized spacial score (nSPS) is 18.2. The minimum atomic E-state index is -0.306. The maximum Gasteiger partial charge on any atom is 0.257 e. The van der Waals surface area contributed by atoms with Crippen molar-refractivity contribution in [2.24, 2.45) is 5.10 Å². The number of nitrogens with zero attached hydrogens (tertiary/aromatic N) is 3. The van der Waals surface area contributed by atoms with Gasteiger partial charge in [0.25, 0.3) is 5.91 Å². The summed E-state index contributed by atoms with van der Waals surface area (Å²) < 4.78 is 22.1. The first-order valence-electron chi connectivity index (χ1n) is 12.5. The Labute approximate surface area is 213 Å². The van der Waals surface area contributed by atoms with E-state index in [4.69, 9.17) is 24.0 Å². The Hall–Kier alpha value is -3.26. The lowest BCUT2D eigenvalue weighted by Crippen LogP contribution is -2.42. The molecule has 0 N–H and O–H groups in total. The van der Waals surface area contributed by atoms with E-state index in [1.54, 1.807) is 33.4 Å². The first-order chi connectivity index (χ1) is 17.5. The zero-order valence-electron chi connectivity index (χ0n) is 22.0. The molecule has 0 bridgehead atoms. The topological polar surface area (TPSA) is 72.8 Å². The van der Waals surface area contributed by atoms with Crippen molar-refractivity contribution in [3.05, 3.63) is 47.5 Å². The summed E-state index contributed by atoms with van der Waals surface area (Å²) in [7, 11) is 8.54. The fourth-order valence-electron chi connectivity index (χ4n) is 5.21. The quantitative estimate of drug-likeness (QED) is 0.504. The molecule has 1 fully saturated rings. The second-order valence-corrected chi connectivity index (χ2v) is 9.39. The van der Waals surface area contributed by atoms with Gasteiger partial charge in [0, 0.05) is 35.7 Å². The van der Waals surface area contributed by atoms with Crippen LogP contribution in [0.4, 0.5) is 0 Å². The van der Waals surface area contributed by atoms with E-state index in [9.17, 15) is 4.79 Å². The first kappa shape index (κ1) is 25.8. The molecule has 1 unspecified atom stereocenters.